The monoisotopic (exact) mass is 583 g/mol. The summed E-state index contributed by atoms with van der Waals surface area (Å²) < 4.78 is 82.3. The van der Waals surface area contributed by atoms with Crippen molar-refractivity contribution in [2.45, 2.75) is 19.1 Å². The number of amides is 3. The molecule has 0 heterocycles. The Kier molecular flexibility index (Phi) is 9.69. The summed E-state index contributed by atoms with van der Waals surface area (Å²) in [4.78, 5) is 36.9. The Hall–Kier alpha value is -4.20. The van der Waals surface area contributed by atoms with Gasteiger partial charge in [-0.1, -0.05) is 35.3 Å². The van der Waals surface area contributed by atoms with Crippen LogP contribution in [0.3, 0.4) is 0 Å². The summed E-state index contributed by atoms with van der Waals surface area (Å²) in [6, 6.07) is 11.1. The molecule has 3 aromatic carbocycles. The minimum atomic E-state index is -5.17. The number of anilines is 2. The van der Waals surface area contributed by atoms with Crippen LogP contribution in [-0.2, 0) is 11.3 Å². The molecule has 0 saturated heterocycles. The zero-order valence-corrected chi connectivity index (χ0v) is 20.8. The van der Waals surface area contributed by atoms with Crippen LogP contribution in [0, 0.1) is 5.82 Å². The van der Waals surface area contributed by atoms with E-state index in [4.69, 9.17) is 24.2 Å². The third-order valence-electron chi connectivity index (χ3n) is 5.11. The summed E-state index contributed by atoms with van der Waals surface area (Å²) in [6.07, 6.45) is -8.03. The number of alkyl halides is 5. The van der Waals surface area contributed by atoms with E-state index in [9.17, 15) is 40.7 Å². The Morgan fingerprint density at radius 1 is 0.925 bits per heavy atom. The van der Waals surface area contributed by atoms with Crippen LogP contribution in [0.1, 0.15) is 26.3 Å². The Morgan fingerprint density at radius 2 is 1.55 bits per heavy atom. The number of carbonyl (C=O) groups is 3. The lowest BCUT2D eigenvalue weighted by Crippen LogP contribution is -2.36. The van der Waals surface area contributed by atoms with E-state index in [0.29, 0.717) is 11.2 Å². The van der Waals surface area contributed by atoms with Crippen molar-refractivity contribution >= 4 is 54.0 Å². The van der Waals surface area contributed by atoms with Crippen molar-refractivity contribution in [1.82, 2.24) is 5.32 Å². The third kappa shape index (κ3) is 7.91. The van der Waals surface area contributed by atoms with Gasteiger partial charge in [-0.25, -0.2) is 13.2 Å². The average Bonchev–Trinajstić information content (AvgIpc) is 2.88. The molecule has 40 heavy (non-hydrogen) atoms. The fourth-order valence-corrected chi connectivity index (χ4v) is 3.54. The maximum Gasteiger partial charge on any atom is 0.471 e. The molecule has 0 saturated carbocycles. The Morgan fingerprint density at radius 3 is 2.17 bits per heavy atom. The molecule has 3 N–H and O–H groups in total. The summed E-state index contributed by atoms with van der Waals surface area (Å²) in [6.45, 7) is -1.80. The first kappa shape index (κ1) is 30.3. The van der Waals surface area contributed by atoms with Gasteiger partial charge in [-0.2, -0.15) is 13.2 Å². The van der Waals surface area contributed by atoms with E-state index in [2.05, 4.69) is 10.6 Å². The van der Waals surface area contributed by atoms with E-state index in [1.165, 1.54) is 30.3 Å². The molecule has 0 aliphatic heterocycles. The highest BCUT2D eigenvalue weighted by Crippen LogP contribution is 2.28. The first-order valence-corrected chi connectivity index (χ1v) is 11.5. The normalized spacial score (nSPS) is 11.2. The molecule has 3 rings (SSSR count). The van der Waals surface area contributed by atoms with Gasteiger partial charge in [-0.3, -0.25) is 14.4 Å². The molecular weight excluding hydrogens is 567 g/mol. The van der Waals surface area contributed by atoms with Crippen molar-refractivity contribution < 1.29 is 45.5 Å². The largest absolute Gasteiger partial charge is 0.487 e. The second-order valence-electron chi connectivity index (χ2n) is 8.02. The third-order valence-corrected chi connectivity index (χ3v) is 5.54. The van der Waals surface area contributed by atoms with Crippen LogP contribution in [0.15, 0.2) is 54.6 Å². The molecule has 2 radical (unpaired) electrons. The minimum Gasteiger partial charge on any atom is -0.487 e. The van der Waals surface area contributed by atoms with Gasteiger partial charge in [0, 0.05) is 17.9 Å². The van der Waals surface area contributed by atoms with Crippen LogP contribution in [0.2, 0.25) is 5.02 Å². The molecule has 0 atom stereocenters. The molecular formula is C25H17BClF6N3O4. The Bertz CT molecular complexity index is 1420. The van der Waals surface area contributed by atoms with E-state index in [1.807, 2.05) is 0 Å². The van der Waals surface area contributed by atoms with Crippen molar-refractivity contribution in [3.63, 3.8) is 0 Å². The number of rotatable bonds is 9. The second kappa shape index (κ2) is 12.8. The maximum atomic E-state index is 14.5. The number of hydrogen-bond donors (Lipinski definition) is 3. The average molecular weight is 584 g/mol. The van der Waals surface area contributed by atoms with Gasteiger partial charge in [0.1, 0.15) is 26.0 Å². The summed E-state index contributed by atoms with van der Waals surface area (Å²) in [5, 5.41) is 5.79. The van der Waals surface area contributed by atoms with Crippen LogP contribution in [0.4, 0.5) is 37.7 Å². The topological polar surface area (TPSA) is 96.5 Å². The van der Waals surface area contributed by atoms with Crippen molar-refractivity contribution in [2.24, 2.45) is 0 Å². The van der Waals surface area contributed by atoms with E-state index >= 15 is 0 Å². The Balaban J connectivity index is 1.87. The molecule has 0 fully saturated rings. The van der Waals surface area contributed by atoms with Gasteiger partial charge in [-0.15, -0.1) is 0 Å². The molecule has 3 amide bonds. The van der Waals surface area contributed by atoms with Crippen LogP contribution < -0.4 is 26.2 Å². The molecule has 15 heteroatoms. The van der Waals surface area contributed by atoms with Crippen molar-refractivity contribution in [2.75, 3.05) is 17.2 Å². The van der Waals surface area contributed by atoms with Crippen molar-refractivity contribution in [3.8, 4) is 5.75 Å². The zero-order chi connectivity index (χ0) is 29.6. The number of ether oxygens (including phenoxy) is 1. The first-order valence-electron chi connectivity index (χ1n) is 11.1. The maximum absolute atomic E-state index is 14.5. The number of hydrogen-bond acceptors (Lipinski definition) is 4. The summed E-state index contributed by atoms with van der Waals surface area (Å²) in [7, 11) is 5.61. The van der Waals surface area contributed by atoms with Crippen LogP contribution in [0.5, 0.6) is 5.75 Å². The number of nitrogens with one attached hydrogen (secondary N) is 3. The predicted molar refractivity (Wildman–Crippen MR) is 135 cm³/mol. The molecule has 3 aromatic rings. The van der Waals surface area contributed by atoms with Gasteiger partial charge in [-0.05, 0) is 42.0 Å². The van der Waals surface area contributed by atoms with E-state index in [0.717, 1.165) is 24.3 Å². The quantitative estimate of drug-likeness (QED) is 0.254. The molecule has 208 valence electrons. The van der Waals surface area contributed by atoms with Gasteiger partial charge in [0.05, 0.1) is 16.1 Å². The molecule has 0 aromatic heterocycles. The lowest BCUT2D eigenvalue weighted by molar-refractivity contribution is -0.173. The van der Waals surface area contributed by atoms with E-state index < -0.39 is 59.9 Å². The molecule has 7 nitrogen and oxygen atoms in total. The highest BCUT2D eigenvalue weighted by Gasteiger charge is 2.38. The fraction of sp³-hybridized carbons (Fsp3) is 0.160. The smallest absolute Gasteiger partial charge is 0.471 e. The van der Waals surface area contributed by atoms with Gasteiger partial charge >= 0.3 is 12.1 Å². The van der Waals surface area contributed by atoms with Gasteiger partial charge < -0.3 is 20.7 Å². The highest BCUT2D eigenvalue weighted by molar-refractivity contribution is 6.35. The lowest BCUT2D eigenvalue weighted by atomic mass is 9.96. The summed E-state index contributed by atoms with van der Waals surface area (Å²) in [5.74, 6) is -5.61. The Labute approximate surface area is 229 Å². The van der Waals surface area contributed by atoms with Crippen LogP contribution in [0.25, 0.3) is 0 Å². The standard InChI is InChI=1S/C25H17BClF6N3O4/c26-13-2-4-14(5-3-13)35-22(37)16-9-15(6-8-18(16)40-11-19(29)30)36-23(38)20-17(28)7-1-12(21(20)27)10-34-24(39)25(31,32)33/h1-9,19H,10-11H2,(H,34,39)(H,35,37)(H,36,38). The summed E-state index contributed by atoms with van der Waals surface area (Å²) >= 11 is 6.05. The second-order valence-corrected chi connectivity index (χ2v) is 8.40. The van der Waals surface area contributed by atoms with E-state index in [1.54, 1.807) is 5.32 Å². The predicted octanol–water partition coefficient (Wildman–Crippen LogP) is 4.60. The van der Waals surface area contributed by atoms with Gasteiger partial charge in [0.25, 0.3) is 18.2 Å². The molecule has 0 unspecified atom stereocenters. The SMILES string of the molecule is [B]c1ccc(NC(=O)c2cc(NC(=O)c3c(F)ccc(CNC(=O)C(F)(F)F)c3Cl)ccc2OCC(F)F)cc1. The molecule has 0 bridgehead atoms. The lowest BCUT2D eigenvalue weighted by Gasteiger charge is -2.15. The van der Waals surface area contributed by atoms with E-state index in [-0.39, 0.29) is 22.6 Å². The number of halogens is 7. The van der Waals surface area contributed by atoms with Crippen LogP contribution in [-0.4, -0.2) is 44.8 Å². The number of carbonyl (C=O) groups excluding carboxylic acids is 3. The molecule has 0 spiro atoms. The zero-order valence-electron chi connectivity index (χ0n) is 20.0. The first-order chi connectivity index (χ1) is 18.8. The minimum absolute atomic E-state index is 0.108. The van der Waals surface area contributed by atoms with Gasteiger partial charge in [0.15, 0.2) is 0 Å². The molecule has 0 aliphatic rings. The molecule has 0 aliphatic carbocycles. The van der Waals surface area contributed by atoms with Crippen LogP contribution >= 0.6 is 11.6 Å². The van der Waals surface area contributed by atoms with Crippen molar-refractivity contribution in [3.05, 3.63) is 82.1 Å². The highest BCUT2D eigenvalue weighted by atomic mass is 35.5. The fourth-order valence-electron chi connectivity index (χ4n) is 3.24. The van der Waals surface area contributed by atoms with Gasteiger partial charge in [0.2, 0.25) is 0 Å². The van der Waals surface area contributed by atoms with Crippen molar-refractivity contribution in [1.29, 1.82) is 0 Å². The summed E-state index contributed by atoms with van der Waals surface area (Å²) in [5.41, 5.74) is -0.608. The number of benzene rings is 3.